The lowest BCUT2D eigenvalue weighted by molar-refractivity contribution is -0.122. The molecule has 1 aliphatic carbocycles. The summed E-state index contributed by atoms with van der Waals surface area (Å²) in [5, 5.41) is 15.0. The van der Waals surface area contributed by atoms with E-state index in [4.69, 9.17) is 34.8 Å². The highest BCUT2D eigenvalue weighted by molar-refractivity contribution is 7.16. The summed E-state index contributed by atoms with van der Waals surface area (Å²) in [5.74, 6) is -0.899. The third-order valence-electron chi connectivity index (χ3n) is 3.31. The standard InChI is InChI=1S/C13H13Cl3FN3OS/c14-13(15,16)12(19-10(21)5-17)20-11-8(6-18)7-3-1-2-4-9(7)22-11/h12,20H,1-5H2,(H,19,21). The summed E-state index contributed by atoms with van der Waals surface area (Å²) < 4.78 is 10.5. The maximum atomic E-state index is 12.4. The second-order valence-corrected chi connectivity index (χ2v) is 8.32. The van der Waals surface area contributed by atoms with Gasteiger partial charge in [0.25, 0.3) is 5.91 Å². The van der Waals surface area contributed by atoms with Crippen LogP contribution in [0, 0.1) is 11.3 Å². The minimum atomic E-state index is -1.89. The molecule has 2 rings (SSSR count). The van der Waals surface area contributed by atoms with Gasteiger partial charge in [-0.3, -0.25) is 4.79 Å². The maximum absolute atomic E-state index is 12.4. The number of rotatable bonds is 4. The first kappa shape index (κ1) is 17.6. The number of hydrogen-bond acceptors (Lipinski definition) is 4. The zero-order chi connectivity index (χ0) is 16.3. The molecule has 22 heavy (non-hydrogen) atoms. The summed E-state index contributed by atoms with van der Waals surface area (Å²) >= 11 is 18.9. The summed E-state index contributed by atoms with van der Waals surface area (Å²) in [6.07, 6.45) is 2.72. The highest BCUT2D eigenvalue weighted by atomic mass is 35.6. The molecule has 1 aromatic rings. The largest absolute Gasteiger partial charge is 0.352 e. The molecular formula is C13H13Cl3FN3OS. The lowest BCUT2D eigenvalue weighted by Crippen LogP contribution is -2.49. The monoisotopic (exact) mass is 383 g/mol. The fourth-order valence-electron chi connectivity index (χ4n) is 2.32. The molecule has 1 amide bonds. The van der Waals surface area contributed by atoms with E-state index in [2.05, 4.69) is 16.7 Å². The molecule has 1 unspecified atom stereocenters. The molecule has 0 aromatic carbocycles. The number of halogens is 4. The van der Waals surface area contributed by atoms with Crippen molar-refractivity contribution in [3.05, 3.63) is 16.0 Å². The van der Waals surface area contributed by atoms with E-state index in [-0.39, 0.29) is 0 Å². The number of carbonyl (C=O) groups is 1. The first-order valence-electron chi connectivity index (χ1n) is 6.60. The van der Waals surface area contributed by atoms with Crippen LogP contribution in [-0.4, -0.2) is 22.5 Å². The smallest absolute Gasteiger partial charge is 0.253 e. The topological polar surface area (TPSA) is 64.9 Å². The first-order valence-corrected chi connectivity index (χ1v) is 8.55. The molecule has 1 atom stereocenters. The van der Waals surface area contributed by atoms with Crippen LogP contribution < -0.4 is 10.6 Å². The van der Waals surface area contributed by atoms with Gasteiger partial charge in [-0.1, -0.05) is 34.8 Å². The lowest BCUT2D eigenvalue weighted by Gasteiger charge is -2.26. The van der Waals surface area contributed by atoms with Gasteiger partial charge in [0.1, 0.15) is 17.2 Å². The zero-order valence-corrected chi connectivity index (χ0v) is 14.5. The van der Waals surface area contributed by atoms with E-state index < -0.39 is 22.5 Å². The molecule has 0 bridgehead atoms. The molecule has 0 spiro atoms. The average Bonchev–Trinajstić information content (AvgIpc) is 2.82. The number of carbonyl (C=O) groups excluding carboxylic acids is 1. The molecular weight excluding hydrogens is 372 g/mol. The zero-order valence-electron chi connectivity index (χ0n) is 11.4. The van der Waals surface area contributed by atoms with Gasteiger partial charge in [0.15, 0.2) is 6.67 Å². The molecule has 9 heteroatoms. The summed E-state index contributed by atoms with van der Waals surface area (Å²) in [4.78, 5) is 12.4. The van der Waals surface area contributed by atoms with Crippen molar-refractivity contribution in [2.75, 3.05) is 12.0 Å². The Morgan fingerprint density at radius 3 is 2.68 bits per heavy atom. The Kier molecular flexibility index (Phi) is 5.78. The fraction of sp³-hybridized carbons (Fsp3) is 0.538. The van der Waals surface area contributed by atoms with Crippen LogP contribution in [0.2, 0.25) is 0 Å². The Morgan fingerprint density at radius 1 is 1.41 bits per heavy atom. The predicted octanol–water partition coefficient (Wildman–Crippen LogP) is 3.69. The molecule has 1 aliphatic rings. The number of amides is 1. The predicted molar refractivity (Wildman–Crippen MR) is 87.5 cm³/mol. The highest BCUT2D eigenvalue weighted by Gasteiger charge is 2.35. The molecule has 0 aliphatic heterocycles. The molecule has 4 nitrogen and oxygen atoms in total. The molecule has 2 N–H and O–H groups in total. The van der Waals surface area contributed by atoms with Crippen LogP contribution in [0.25, 0.3) is 0 Å². The van der Waals surface area contributed by atoms with Crippen molar-refractivity contribution in [3.8, 4) is 6.07 Å². The van der Waals surface area contributed by atoms with Crippen LogP contribution in [0.1, 0.15) is 28.8 Å². The second-order valence-electron chi connectivity index (χ2n) is 4.85. The number of nitrogens with zero attached hydrogens (tertiary/aromatic N) is 1. The summed E-state index contributed by atoms with van der Waals surface area (Å²) in [5.41, 5.74) is 1.52. The van der Waals surface area contributed by atoms with Gasteiger partial charge in [-0.25, -0.2) is 4.39 Å². The van der Waals surface area contributed by atoms with Gasteiger partial charge in [-0.05, 0) is 31.2 Å². The number of hydrogen-bond donors (Lipinski definition) is 2. The average molecular weight is 385 g/mol. The van der Waals surface area contributed by atoms with Gasteiger partial charge < -0.3 is 10.6 Å². The number of nitriles is 1. The quantitative estimate of drug-likeness (QED) is 0.614. The van der Waals surface area contributed by atoms with Gasteiger partial charge in [-0.15, -0.1) is 11.3 Å². The summed E-state index contributed by atoms with van der Waals surface area (Å²) in [6.45, 7) is -1.22. The van der Waals surface area contributed by atoms with Crippen molar-refractivity contribution in [1.82, 2.24) is 5.32 Å². The van der Waals surface area contributed by atoms with Crippen LogP contribution in [0.3, 0.4) is 0 Å². The molecule has 120 valence electrons. The normalized spacial score (nSPS) is 15.6. The Morgan fingerprint density at radius 2 is 2.09 bits per heavy atom. The Hall–Kier alpha value is -0.740. The van der Waals surface area contributed by atoms with Gasteiger partial charge in [0.2, 0.25) is 3.79 Å². The third-order valence-corrected chi connectivity index (χ3v) is 5.19. The minimum absolute atomic E-state index is 0.508. The molecule has 1 aromatic heterocycles. The fourth-order valence-corrected chi connectivity index (χ4v) is 3.91. The number of fused-ring (bicyclic) bond motifs is 1. The van der Waals surface area contributed by atoms with Gasteiger partial charge in [-0.2, -0.15) is 5.26 Å². The molecule has 0 fully saturated rings. The van der Waals surface area contributed by atoms with E-state index in [1.807, 2.05) is 0 Å². The van der Waals surface area contributed by atoms with E-state index in [1.165, 1.54) is 11.3 Å². The number of nitrogens with one attached hydrogen (secondary N) is 2. The van der Waals surface area contributed by atoms with Gasteiger partial charge >= 0.3 is 0 Å². The minimum Gasteiger partial charge on any atom is -0.352 e. The maximum Gasteiger partial charge on any atom is 0.253 e. The van der Waals surface area contributed by atoms with Crippen molar-refractivity contribution in [3.63, 3.8) is 0 Å². The van der Waals surface area contributed by atoms with Crippen LogP contribution in [-0.2, 0) is 17.6 Å². The van der Waals surface area contributed by atoms with E-state index in [0.29, 0.717) is 10.6 Å². The lowest BCUT2D eigenvalue weighted by atomic mass is 9.96. The van der Waals surface area contributed by atoms with E-state index in [1.54, 1.807) is 0 Å². The number of aryl methyl sites for hydroxylation is 1. The van der Waals surface area contributed by atoms with Crippen LogP contribution >= 0.6 is 46.1 Å². The van der Waals surface area contributed by atoms with Gasteiger partial charge in [0.05, 0.1) is 5.56 Å². The number of thiophene rings is 1. The van der Waals surface area contributed by atoms with Crippen molar-refractivity contribution in [1.29, 1.82) is 5.26 Å². The van der Waals surface area contributed by atoms with Crippen molar-refractivity contribution in [2.24, 2.45) is 0 Å². The van der Waals surface area contributed by atoms with Crippen LogP contribution in [0.15, 0.2) is 0 Å². The van der Waals surface area contributed by atoms with Gasteiger partial charge in [0, 0.05) is 4.88 Å². The number of anilines is 1. The molecule has 0 saturated carbocycles. The Labute approximate surface area is 146 Å². The van der Waals surface area contributed by atoms with E-state index in [9.17, 15) is 14.4 Å². The Bertz CT molecular complexity index is 609. The second kappa shape index (κ2) is 7.22. The molecule has 0 saturated heterocycles. The van der Waals surface area contributed by atoms with Crippen molar-refractivity contribution < 1.29 is 9.18 Å². The first-order chi connectivity index (χ1) is 10.4. The van der Waals surface area contributed by atoms with Crippen molar-refractivity contribution in [2.45, 2.75) is 35.6 Å². The number of alkyl halides is 4. The highest BCUT2D eigenvalue weighted by Crippen LogP contribution is 2.39. The van der Waals surface area contributed by atoms with E-state index >= 15 is 0 Å². The SMILES string of the molecule is N#Cc1c(NC(NC(=O)CF)C(Cl)(Cl)Cl)sc2c1CCCC2. The molecule has 0 radical (unpaired) electrons. The molecule has 1 heterocycles. The summed E-state index contributed by atoms with van der Waals surface area (Å²) in [6, 6.07) is 2.16. The summed E-state index contributed by atoms with van der Waals surface area (Å²) in [7, 11) is 0. The third kappa shape index (κ3) is 3.96. The Balaban J connectivity index is 2.28. The van der Waals surface area contributed by atoms with Crippen molar-refractivity contribution >= 4 is 57.0 Å². The van der Waals surface area contributed by atoms with Crippen LogP contribution in [0.5, 0.6) is 0 Å². The van der Waals surface area contributed by atoms with Crippen LogP contribution in [0.4, 0.5) is 9.39 Å². The van der Waals surface area contributed by atoms with E-state index in [0.717, 1.165) is 36.1 Å².